The molecule has 2 aromatic heterocycles. The van der Waals surface area contributed by atoms with Crippen LogP contribution in [0, 0.1) is 6.92 Å². The zero-order chi connectivity index (χ0) is 19.3. The van der Waals surface area contributed by atoms with Gasteiger partial charge in [-0.25, -0.2) is 0 Å². The fourth-order valence-electron chi connectivity index (χ4n) is 3.19. The van der Waals surface area contributed by atoms with Crippen molar-refractivity contribution in [3.05, 3.63) is 102 Å². The number of hydrogen-bond acceptors (Lipinski definition) is 3. The first-order valence-electron chi connectivity index (χ1n) is 9.16. The maximum atomic E-state index is 13.1. The molecular formula is C23H21N3O2. The lowest BCUT2D eigenvalue weighted by Gasteiger charge is -2.21. The van der Waals surface area contributed by atoms with E-state index in [0.29, 0.717) is 18.8 Å². The van der Waals surface area contributed by atoms with Gasteiger partial charge in [0.15, 0.2) is 0 Å². The predicted molar refractivity (Wildman–Crippen MR) is 107 cm³/mol. The largest absolute Gasteiger partial charge is 0.472 e. The van der Waals surface area contributed by atoms with Crippen LogP contribution in [0.1, 0.15) is 27.3 Å². The maximum absolute atomic E-state index is 13.1. The van der Waals surface area contributed by atoms with E-state index in [1.165, 1.54) is 0 Å². The second-order valence-corrected chi connectivity index (χ2v) is 6.80. The number of benzene rings is 2. The van der Waals surface area contributed by atoms with Crippen LogP contribution >= 0.6 is 0 Å². The third-order valence-corrected chi connectivity index (χ3v) is 4.57. The predicted octanol–water partition coefficient (Wildman–Crippen LogP) is 4.82. The summed E-state index contributed by atoms with van der Waals surface area (Å²) in [6, 6.07) is 22.1. The van der Waals surface area contributed by atoms with Crippen LogP contribution < -0.4 is 0 Å². The molecule has 0 aliphatic rings. The van der Waals surface area contributed by atoms with E-state index in [-0.39, 0.29) is 5.91 Å². The van der Waals surface area contributed by atoms with Gasteiger partial charge >= 0.3 is 0 Å². The van der Waals surface area contributed by atoms with E-state index in [0.717, 1.165) is 27.9 Å². The first-order chi connectivity index (χ1) is 13.7. The molecule has 28 heavy (non-hydrogen) atoms. The molecule has 5 heteroatoms. The third kappa shape index (κ3) is 4.04. The van der Waals surface area contributed by atoms with Crippen molar-refractivity contribution in [1.82, 2.24) is 15.1 Å². The highest BCUT2D eigenvalue weighted by atomic mass is 16.3. The van der Waals surface area contributed by atoms with E-state index in [2.05, 4.69) is 34.5 Å². The Kier molecular flexibility index (Phi) is 5.06. The van der Waals surface area contributed by atoms with Crippen LogP contribution in [0.25, 0.3) is 11.1 Å². The van der Waals surface area contributed by atoms with E-state index in [1.54, 1.807) is 23.5 Å². The van der Waals surface area contributed by atoms with Crippen molar-refractivity contribution in [1.29, 1.82) is 0 Å². The summed E-state index contributed by atoms with van der Waals surface area (Å²) in [6.07, 6.45) is 3.28. The molecule has 0 fully saturated rings. The number of amides is 1. The van der Waals surface area contributed by atoms with Gasteiger partial charge in [-0.2, -0.15) is 5.10 Å². The molecule has 140 valence electrons. The van der Waals surface area contributed by atoms with Gasteiger partial charge in [-0.15, -0.1) is 0 Å². The molecule has 0 aliphatic heterocycles. The highest BCUT2D eigenvalue weighted by Gasteiger charge is 2.20. The number of H-pyrrole nitrogens is 1. The summed E-state index contributed by atoms with van der Waals surface area (Å²) in [5.41, 5.74) is 5.56. The van der Waals surface area contributed by atoms with E-state index in [4.69, 9.17) is 4.42 Å². The monoisotopic (exact) mass is 371 g/mol. The van der Waals surface area contributed by atoms with Gasteiger partial charge in [-0.3, -0.25) is 9.89 Å². The molecule has 0 saturated heterocycles. The zero-order valence-electron chi connectivity index (χ0n) is 15.6. The van der Waals surface area contributed by atoms with Crippen LogP contribution in [0.2, 0.25) is 0 Å². The van der Waals surface area contributed by atoms with Gasteiger partial charge in [0.2, 0.25) is 0 Å². The standard InChI is InChI=1S/C23H21N3O2/c1-17-12-22(25-24-17)23(27)26(15-19-10-11-28-16-19)14-18-6-5-9-21(13-18)20-7-3-2-4-8-20/h2-13,16H,14-15H2,1H3,(H,24,25). The molecule has 0 bridgehead atoms. The minimum Gasteiger partial charge on any atom is -0.472 e. The lowest BCUT2D eigenvalue weighted by atomic mass is 10.0. The van der Waals surface area contributed by atoms with Crippen molar-refractivity contribution in [2.24, 2.45) is 0 Å². The Hall–Kier alpha value is -3.60. The molecule has 0 spiro atoms. The summed E-state index contributed by atoms with van der Waals surface area (Å²) in [6.45, 7) is 2.82. The van der Waals surface area contributed by atoms with Gasteiger partial charge in [0.05, 0.1) is 12.5 Å². The number of nitrogens with zero attached hydrogens (tertiary/aromatic N) is 2. The molecule has 0 radical (unpaired) electrons. The molecule has 5 nitrogen and oxygen atoms in total. The first-order valence-corrected chi connectivity index (χ1v) is 9.16. The molecule has 4 rings (SSSR count). The maximum Gasteiger partial charge on any atom is 0.274 e. The Morgan fingerprint density at radius 1 is 0.964 bits per heavy atom. The number of carbonyl (C=O) groups excluding carboxylic acids is 1. The van der Waals surface area contributed by atoms with Crippen molar-refractivity contribution in [2.45, 2.75) is 20.0 Å². The van der Waals surface area contributed by atoms with Gasteiger partial charge < -0.3 is 9.32 Å². The molecule has 0 aliphatic carbocycles. The molecule has 0 unspecified atom stereocenters. The Balaban J connectivity index is 1.61. The molecule has 1 N–H and O–H groups in total. The smallest absolute Gasteiger partial charge is 0.274 e. The van der Waals surface area contributed by atoms with Crippen molar-refractivity contribution in [3.8, 4) is 11.1 Å². The number of furan rings is 1. The summed E-state index contributed by atoms with van der Waals surface area (Å²) in [5, 5.41) is 6.97. The number of carbonyl (C=O) groups is 1. The normalized spacial score (nSPS) is 10.8. The Bertz CT molecular complexity index is 1050. The molecule has 1 amide bonds. The molecule has 0 atom stereocenters. The van der Waals surface area contributed by atoms with Crippen molar-refractivity contribution in [3.63, 3.8) is 0 Å². The topological polar surface area (TPSA) is 62.1 Å². The molecule has 4 aromatic rings. The Morgan fingerprint density at radius 3 is 2.46 bits per heavy atom. The van der Waals surface area contributed by atoms with Gasteiger partial charge in [0, 0.05) is 24.3 Å². The van der Waals surface area contributed by atoms with Gasteiger partial charge in [-0.1, -0.05) is 48.5 Å². The number of aryl methyl sites for hydroxylation is 1. The third-order valence-electron chi connectivity index (χ3n) is 4.57. The van der Waals surface area contributed by atoms with Gasteiger partial charge in [0.1, 0.15) is 5.69 Å². The lowest BCUT2D eigenvalue weighted by molar-refractivity contribution is 0.0723. The van der Waals surface area contributed by atoms with Gasteiger partial charge in [0.25, 0.3) is 5.91 Å². The van der Waals surface area contributed by atoms with Crippen molar-refractivity contribution in [2.75, 3.05) is 0 Å². The highest BCUT2D eigenvalue weighted by Crippen LogP contribution is 2.22. The molecule has 2 heterocycles. The summed E-state index contributed by atoms with van der Waals surface area (Å²) < 4.78 is 5.17. The minimum atomic E-state index is -0.115. The van der Waals surface area contributed by atoms with Crippen molar-refractivity contribution >= 4 is 5.91 Å². The van der Waals surface area contributed by atoms with Crippen molar-refractivity contribution < 1.29 is 9.21 Å². The SMILES string of the molecule is Cc1cc(C(=O)N(Cc2ccoc2)Cc2cccc(-c3ccccc3)c2)n[nH]1. The van der Waals surface area contributed by atoms with Gasteiger partial charge in [-0.05, 0) is 41.8 Å². The number of rotatable bonds is 6. The summed E-state index contributed by atoms with van der Waals surface area (Å²) >= 11 is 0. The van der Waals surface area contributed by atoms with Crippen LogP contribution in [0.4, 0.5) is 0 Å². The lowest BCUT2D eigenvalue weighted by Crippen LogP contribution is -2.30. The zero-order valence-corrected chi connectivity index (χ0v) is 15.6. The first kappa shape index (κ1) is 17.8. The van der Waals surface area contributed by atoms with Crippen LogP contribution in [0.15, 0.2) is 83.7 Å². The number of aromatic amines is 1. The molecular weight excluding hydrogens is 350 g/mol. The molecule has 0 saturated carbocycles. The van der Waals surface area contributed by atoms with Crippen LogP contribution in [0.5, 0.6) is 0 Å². The number of aromatic nitrogens is 2. The number of hydrogen-bond donors (Lipinski definition) is 1. The minimum absolute atomic E-state index is 0.115. The van der Waals surface area contributed by atoms with Crippen LogP contribution in [-0.2, 0) is 13.1 Å². The second-order valence-electron chi connectivity index (χ2n) is 6.80. The van der Waals surface area contributed by atoms with E-state index in [1.807, 2.05) is 43.3 Å². The Labute approximate surface area is 163 Å². The van der Waals surface area contributed by atoms with Crippen LogP contribution in [0.3, 0.4) is 0 Å². The van der Waals surface area contributed by atoms with Crippen LogP contribution in [-0.4, -0.2) is 21.0 Å². The summed E-state index contributed by atoms with van der Waals surface area (Å²) in [7, 11) is 0. The average Bonchev–Trinajstić information content (AvgIpc) is 3.40. The van der Waals surface area contributed by atoms with E-state index < -0.39 is 0 Å². The molecule has 2 aromatic carbocycles. The summed E-state index contributed by atoms with van der Waals surface area (Å²) in [4.78, 5) is 14.8. The average molecular weight is 371 g/mol. The fourth-order valence-corrected chi connectivity index (χ4v) is 3.19. The van der Waals surface area contributed by atoms with E-state index >= 15 is 0 Å². The highest BCUT2D eigenvalue weighted by molar-refractivity contribution is 5.92. The fraction of sp³-hybridized carbons (Fsp3) is 0.130. The quantitative estimate of drug-likeness (QED) is 0.528. The Morgan fingerprint density at radius 2 is 1.75 bits per heavy atom. The van der Waals surface area contributed by atoms with E-state index in [9.17, 15) is 4.79 Å². The number of nitrogens with one attached hydrogen (secondary N) is 1. The summed E-state index contributed by atoms with van der Waals surface area (Å²) in [5.74, 6) is -0.115. The second kappa shape index (κ2) is 7.96.